The quantitative estimate of drug-likeness (QED) is 0.653. The summed E-state index contributed by atoms with van der Waals surface area (Å²) < 4.78 is 37.2. The second-order valence-corrected chi connectivity index (χ2v) is 6.87. The SMILES string of the molecule is COc1cc(F)ccc1-c1noc(C2CCCN(c3ccc(F)cc3)C(=O)C2)n1. The number of anilines is 1. The zero-order valence-electron chi connectivity index (χ0n) is 15.8. The van der Waals surface area contributed by atoms with E-state index in [-0.39, 0.29) is 29.9 Å². The zero-order chi connectivity index (χ0) is 20.4. The number of aromatic nitrogens is 2. The van der Waals surface area contributed by atoms with Crippen molar-refractivity contribution < 1.29 is 22.8 Å². The predicted octanol–water partition coefficient (Wildman–Crippen LogP) is 4.32. The maximum atomic E-state index is 13.4. The molecule has 0 N–H and O–H groups in total. The number of rotatable bonds is 4. The fourth-order valence-electron chi connectivity index (χ4n) is 3.51. The van der Waals surface area contributed by atoms with Gasteiger partial charge in [0.25, 0.3) is 0 Å². The van der Waals surface area contributed by atoms with E-state index >= 15 is 0 Å². The molecule has 150 valence electrons. The van der Waals surface area contributed by atoms with Gasteiger partial charge in [-0.25, -0.2) is 8.78 Å². The summed E-state index contributed by atoms with van der Waals surface area (Å²) in [6.07, 6.45) is 1.65. The average Bonchev–Trinajstić information content (AvgIpc) is 3.12. The van der Waals surface area contributed by atoms with Gasteiger partial charge in [0.2, 0.25) is 17.6 Å². The van der Waals surface area contributed by atoms with Crippen LogP contribution in [0.5, 0.6) is 5.75 Å². The maximum absolute atomic E-state index is 13.4. The molecule has 1 atom stereocenters. The Labute approximate surface area is 166 Å². The van der Waals surface area contributed by atoms with Gasteiger partial charge < -0.3 is 14.2 Å². The minimum absolute atomic E-state index is 0.0850. The highest BCUT2D eigenvalue weighted by Crippen LogP contribution is 2.33. The van der Waals surface area contributed by atoms with E-state index in [1.165, 1.54) is 37.4 Å². The molecule has 1 aliphatic heterocycles. The monoisotopic (exact) mass is 399 g/mol. The summed E-state index contributed by atoms with van der Waals surface area (Å²) in [4.78, 5) is 18.9. The first kappa shape index (κ1) is 19.0. The van der Waals surface area contributed by atoms with Gasteiger partial charge in [0.05, 0.1) is 12.7 Å². The van der Waals surface area contributed by atoms with Crippen molar-refractivity contribution in [1.82, 2.24) is 10.1 Å². The third-order valence-corrected chi connectivity index (χ3v) is 4.99. The molecule has 2 aromatic carbocycles. The van der Waals surface area contributed by atoms with Crippen LogP contribution < -0.4 is 9.64 Å². The first-order valence-corrected chi connectivity index (χ1v) is 9.28. The molecule has 0 saturated carbocycles. The maximum Gasteiger partial charge on any atom is 0.230 e. The van der Waals surface area contributed by atoms with E-state index in [1.54, 1.807) is 17.0 Å². The van der Waals surface area contributed by atoms with E-state index in [2.05, 4.69) is 10.1 Å². The lowest BCUT2D eigenvalue weighted by Crippen LogP contribution is -2.30. The van der Waals surface area contributed by atoms with Crippen LogP contribution in [0.25, 0.3) is 11.4 Å². The Hall–Kier alpha value is -3.29. The summed E-state index contributed by atoms with van der Waals surface area (Å²) in [5, 5.41) is 3.99. The van der Waals surface area contributed by atoms with Crippen molar-refractivity contribution in [3.8, 4) is 17.1 Å². The van der Waals surface area contributed by atoms with Crippen molar-refractivity contribution in [3.05, 3.63) is 60.0 Å². The number of amides is 1. The second kappa shape index (κ2) is 7.98. The smallest absolute Gasteiger partial charge is 0.230 e. The Morgan fingerprint density at radius 2 is 1.90 bits per heavy atom. The standard InChI is InChI=1S/C21H19F2N3O3/c1-28-18-12-15(23)6-9-17(18)20-24-21(29-25-20)13-3-2-10-26(19(27)11-13)16-7-4-14(22)5-8-16/h4-9,12-13H,2-3,10-11H2,1H3. The Morgan fingerprint density at radius 3 is 2.66 bits per heavy atom. The molecule has 1 saturated heterocycles. The molecule has 4 rings (SSSR count). The summed E-state index contributed by atoms with van der Waals surface area (Å²) in [6.45, 7) is 0.535. The van der Waals surface area contributed by atoms with Crippen molar-refractivity contribution in [1.29, 1.82) is 0 Å². The molecule has 0 aliphatic carbocycles. The summed E-state index contributed by atoms with van der Waals surface area (Å²) in [6, 6.07) is 9.94. The number of carbonyl (C=O) groups is 1. The number of nitrogens with zero attached hydrogens (tertiary/aromatic N) is 3. The van der Waals surface area contributed by atoms with Crippen LogP contribution in [0.3, 0.4) is 0 Å². The van der Waals surface area contributed by atoms with Crippen LogP contribution in [0.15, 0.2) is 47.0 Å². The molecular formula is C21H19F2N3O3. The van der Waals surface area contributed by atoms with Gasteiger partial charge in [0, 0.05) is 30.6 Å². The highest BCUT2D eigenvalue weighted by molar-refractivity contribution is 5.94. The minimum Gasteiger partial charge on any atom is -0.496 e. The van der Waals surface area contributed by atoms with E-state index in [4.69, 9.17) is 9.26 Å². The minimum atomic E-state index is -0.426. The summed E-state index contributed by atoms with van der Waals surface area (Å²) >= 11 is 0. The third-order valence-electron chi connectivity index (χ3n) is 4.99. The predicted molar refractivity (Wildman–Crippen MR) is 102 cm³/mol. The first-order valence-electron chi connectivity index (χ1n) is 9.28. The van der Waals surface area contributed by atoms with Gasteiger partial charge in [-0.1, -0.05) is 5.16 Å². The van der Waals surface area contributed by atoms with Crippen LogP contribution in [0.4, 0.5) is 14.5 Å². The molecule has 1 aliphatic rings. The fourth-order valence-corrected chi connectivity index (χ4v) is 3.51. The van der Waals surface area contributed by atoms with Crippen molar-refractivity contribution in [2.75, 3.05) is 18.6 Å². The molecule has 0 spiro atoms. The van der Waals surface area contributed by atoms with Gasteiger partial charge in [-0.05, 0) is 49.2 Å². The number of halogens is 2. The van der Waals surface area contributed by atoms with E-state index in [9.17, 15) is 13.6 Å². The zero-order valence-corrected chi connectivity index (χ0v) is 15.8. The molecule has 29 heavy (non-hydrogen) atoms. The molecule has 0 radical (unpaired) electrons. The highest BCUT2D eigenvalue weighted by atomic mass is 19.1. The number of ether oxygens (including phenoxy) is 1. The lowest BCUT2D eigenvalue weighted by molar-refractivity contribution is -0.118. The van der Waals surface area contributed by atoms with E-state index in [1.807, 2.05) is 0 Å². The van der Waals surface area contributed by atoms with Gasteiger partial charge in [-0.2, -0.15) is 4.98 Å². The molecule has 6 nitrogen and oxygen atoms in total. The van der Waals surface area contributed by atoms with Crippen molar-refractivity contribution in [2.45, 2.75) is 25.2 Å². The number of benzene rings is 2. The molecule has 1 aromatic heterocycles. The molecule has 1 fully saturated rings. The summed E-state index contributed by atoms with van der Waals surface area (Å²) in [5.74, 6) is -0.131. The largest absolute Gasteiger partial charge is 0.496 e. The van der Waals surface area contributed by atoms with E-state index in [0.29, 0.717) is 35.9 Å². The number of methoxy groups -OCH3 is 1. The first-order chi connectivity index (χ1) is 14.0. The molecular weight excluding hydrogens is 380 g/mol. The third kappa shape index (κ3) is 3.96. The van der Waals surface area contributed by atoms with Crippen LogP contribution in [-0.2, 0) is 4.79 Å². The summed E-state index contributed by atoms with van der Waals surface area (Å²) in [7, 11) is 1.44. The molecule has 0 bridgehead atoms. The van der Waals surface area contributed by atoms with Crippen molar-refractivity contribution in [3.63, 3.8) is 0 Å². The fraction of sp³-hybridized carbons (Fsp3) is 0.286. The Kier molecular flexibility index (Phi) is 5.24. The van der Waals surface area contributed by atoms with E-state index < -0.39 is 5.82 Å². The normalized spacial score (nSPS) is 17.3. The van der Waals surface area contributed by atoms with Gasteiger partial charge in [-0.3, -0.25) is 4.79 Å². The van der Waals surface area contributed by atoms with Crippen LogP contribution in [0.2, 0.25) is 0 Å². The second-order valence-electron chi connectivity index (χ2n) is 6.87. The van der Waals surface area contributed by atoms with Crippen LogP contribution >= 0.6 is 0 Å². The molecule has 3 aromatic rings. The number of hydrogen-bond acceptors (Lipinski definition) is 5. The number of carbonyl (C=O) groups excluding carboxylic acids is 1. The van der Waals surface area contributed by atoms with E-state index in [0.717, 1.165) is 6.42 Å². The van der Waals surface area contributed by atoms with Gasteiger partial charge in [-0.15, -0.1) is 0 Å². The van der Waals surface area contributed by atoms with Gasteiger partial charge >= 0.3 is 0 Å². The van der Waals surface area contributed by atoms with Gasteiger partial charge in [0.15, 0.2) is 0 Å². The van der Waals surface area contributed by atoms with Crippen LogP contribution in [-0.4, -0.2) is 29.7 Å². The topological polar surface area (TPSA) is 68.5 Å². The Bertz CT molecular complexity index is 1020. The van der Waals surface area contributed by atoms with Crippen molar-refractivity contribution >= 4 is 11.6 Å². The lowest BCUT2D eigenvalue weighted by Gasteiger charge is -2.20. The Morgan fingerprint density at radius 1 is 1.14 bits per heavy atom. The average molecular weight is 399 g/mol. The highest BCUT2D eigenvalue weighted by Gasteiger charge is 2.29. The summed E-state index contributed by atoms with van der Waals surface area (Å²) in [5.41, 5.74) is 1.18. The van der Waals surface area contributed by atoms with Gasteiger partial charge in [0.1, 0.15) is 17.4 Å². The van der Waals surface area contributed by atoms with Crippen molar-refractivity contribution in [2.24, 2.45) is 0 Å². The molecule has 1 unspecified atom stereocenters. The molecule has 1 amide bonds. The van der Waals surface area contributed by atoms with Crippen LogP contribution in [0.1, 0.15) is 31.1 Å². The molecule has 2 heterocycles. The molecule has 8 heteroatoms. The van der Waals surface area contributed by atoms with Crippen LogP contribution in [0, 0.1) is 11.6 Å². The number of hydrogen-bond donors (Lipinski definition) is 0. The Balaban J connectivity index is 1.54. The lowest BCUT2D eigenvalue weighted by atomic mass is 10.0.